The number of nitrogens with zero attached hydrogens (tertiary/aromatic N) is 4. The zero-order chi connectivity index (χ0) is 24.8. The molecule has 9 heteroatoms. The van der Waals surface area contributed by atoms with Gasteiger partial charge < -0.3 is 5.32 Å². The van der Waals surface area contributed by atoms with Crippen molar-refractivity contribution >= 4 is 39.7 Å². The zero-order valence-electron chi connectivity index (χ0n) is 20.0. The molecule has 184 valence electrons. The van der Waals surface area contributed by atoms with Crippen LogP contribution < -0.4 is 10.2 Å². The Labute approximate surface area is 209 Å². The number of halogens is 1. The fraction of sp³-hybridized carbons (Fsp3) is 0.346. The maximum absolute atomic E-state index is 13.3. The van der Waals surface area contributed by atoms with Crippen molar-refractivity contribution in [1.82, 2.24) is 14.8 Å². The molecule has 0 atom stereocenters. The van der Waals surface area contributed by atoms with Gasteiger partial charge >= 0.3 is 0 Å². The van der Waals surface area contributed by atoms with E-state index in [0.717, 1.165) is 49.5 Å². The van der Waals surface area contributed by atoms with Gasteiger partial charge in [-0.1, -0.05) is 31.2 Å². The number of aryl methyl sites for hydroxylation is 1. The van der Waals surface area contributed by atoms with E-state index in [2.05, 4.69) is 22.0 Å². The Balaban J connectivity index is 1.31. The van der Waals surface area contributed by atoms with Gasteiger partial charge in [-0.15, -0.1) is 11.3 Å². The van der Waals surface area contributed by atoms with Crippen LogP contribution in [0.4, 0.5) is 20.9 Å². The lowest BCUT2D eigenvalue weighted by Gasteiger charge is -2.33. The predicted molar refractivity (Wildman–Crippen MR) is 138 cm³/mol. The molecule has 1 aliphatic heterocycles. The lowest BCUT2D eigenvalue weighted by Crippen LogP contribution is -2.48. The smallest absolute Gasteiger partial charge is 0.238 e. The Morgan fingerprint density at radius 3 is 2.54 bits per heavy atom. The van der Waals surface area contributed by atoms with Gasteiger partial charge in [-0.3, -0.25) is 24.3 Å². The lowest BCUT2D eigenvalue weighted by molar-refractivity contribution is -0.118. The first-order valence-corrected chi connectivity index (χ1v) is 12.6. The van der Waals surface area contributed by atoms with Crippen LogP contribution in [-0.4, -0.2) is 59.3 Å². The second-order valence-corrected chi connectivity index (χ2v) is 9.41. The third kappa shape index (κ3) is 6.50. The molecule has 0 unspecified atom stereocenters. The first-order valence-electron chi connectivity index (χ1n) is 11.8. The molecule has 0 spiro atoms. The summed E-state index contributed by atoms with van der Waals surface area (Å²) in [6.07, 6.45) is 0.836. The van der Waals surface area contributed by atoms with Crippen LogP contribution in [-0.2, 0) is 22.6 Å². The van der Waals surface area contributed by atoms with Crippen molar-refractivity contribution in [1.29, 1.82) is 0 Å². The summed E-state index contributed by atoms with van der Waals surface area (Å²) in [4.78, 5) is 35.7. The number of benzene rings is 2. The van der Waals surface area contributed by atoms with Crippen molar-refractivity contribution in [3.63, 3.8) is 0 Å². The molecule has 1 N–H and O–H groups in total. The third-order valence-corrected chi connectivity index (χ3v) is 6.86. The maximum Gasteiger partial charge on any atom is 0.238 e. The largest absolute Gasteiger partial charge is 0.325 e. The molecule has 2 amide bonds. The third-order valence-electron chi connectivity index (χ3n) is 5.99. The lowest BCUT2D eigenvalue weighted by atomic mass is 10.1. The second-order valence-electron chi connectivity index (χ2n) is 8.57. The van der Waals surface area contributed by atoms with Crippen LogP contribution in [0.1, 0.15) is 25.1 Å². The Kier molecular flexibility index (Phi) is 8.22. The van der Waals surface area contributed by atoms with Gasteiger partial charge in [0.05, 0.1) is 17.9 Å². The number of rotatable bonds is 8. The molecule has 35 heavy (non-hydrogen) atoms. The van der Waals surface area contributed by atoms with Crippen LogP contribution in [0.25, 0.3) is 0 Å². The molecule has 2 aromatic carbocycles. The number of para-hydroxylation sites is 1. The molecule has 0 saturated carbocycles. The fourth-order valence-electron chi connectivity index (χ4n) is 4.21. The summed E-state index contributed by atoms with van der Waals surface area (Å²) in [7, 11) is 0. The number of amides is 2. The number of nitrogens with one attached hydrogen (secondary N) is 1. The highest BCUT2D eigenvalue weighted by atomic mass is 32.1. The fourth-order valence-corrected chi connectivity index (χ4v) is 5.08. The summed E-state index contributed by atoms with van der Waals surface area (Å²) in [6, 6.07) is 13.8. The highest BCUT2D eigenvalue weighted by molar-refractivity contribution is 7.14. The van der Waals surface area contributed by atoms with E-state index in [0.29, 0.717) is 17.4 Å². The Bertz CT molecular complexity index is 1180. The van der Waals surface area contributed by atoms with E-state index in [9.17, 15) is 14.0 Å². The SMILES string of the molecule is CCc1ccccc1N(C(C)=O)c1nc(CN2CCN(CC(=O)Nc3cccc(F)c3)CC2)cs1. The van der Waals surface area contributed by atoms with Gasteiger partial charge in [-0.25, -0.2) is 9.37 Å². The van der Waals surface area contributed by atoms with Crippen molar-refractivity contribution in [2.45, 2.75) is 26.8 Å². The summed E-state index contributed by atoms with van der Waals surface area (Å²) in [5, 5.41) is 5.44. The quantitative estimate of drug-likeness (QED) is 0.505. The monoisotopic (exact) mass is 495 g/mol. The molecular formula is C26H30FN5O2S. The van der Waals surface area contributed by atoms with E-state index in [-0.39, 0.29) is 24.2 Å². The summed E-state index contributed by atoms with van der Waals surface area (Å²) in [5.41, 5.74) is 3.39. The van der Waals surface area contributed by atoms with Gasteiger partial charge in [0.1, 0.15) is 5.82 Å². The Morgan fingerprint density at radius 2 is 1.83 bits per heavy atom. The van der Waals surface area contributed by atoms with Gasteiger partial charge in [0, 0.05) is 50.7 Å². The van der Waals surface area contributed by atoms with Crippen LogP contribution in [0, 0.1) is 5.82 Å². The molecular weight excluding hydrogens is 465 g/mol. The summed E-state index contributed by atoms with van der Waals surface area (Å²) in [5.74, 6) is -0.579. The van der Waals surface area contributed by atoms with Crippen LogP contribution in [0.15, 0.2) is 53.9 Å². The van der Waals surface area contributed by atoms with Crippen molar-refractivity contribution < 1.29 is 14.0 Å². The Morgan fingerprint density at radius 1 is 1.09 bits per heavy atom. The number of anilines is 3. The molecule has 1 aromatic heterocycles. The predicted octanol–water partition coefficient (Wildman–Crippen LogP) is 4.29. The number of aromatic nitrogens is 1. The van der Waals surface area contributed by atoms with E-state index in [4.69, 9.17) is 4.98 Å². The number of carbonyl (C=O) groups is 2. The van der Waals surface area contributed by atoms with E-state index in [1.807, 2.05) is 29.6 Å². The highest BCUT2D eigenvalue weighted by Crippen LogP contribution is 2.32. The van der Waals surface area contributed by atoms with Gasteiger partial charge in [-0.05, 0) is 36.2 Å². The van der Waals surface area contributed by atoms with Gasteiger partial charge in [0.15, 0.2) is 5.13 Å². The highest BCUT2D eigenvalue weighted by Gasteiger charge is 2.23. The van der Waals surface area contributed by atoms with E-state index in [1.165, 1.54) is 23.5 Å². The molecule has 2 heterocycles. The first kappa shape index (κ1) is 25.0. The van der Waals surface area contributed by atoms with E-state index in [1.54, 1.807) is 24.0 Å². The number of piperazine rings is 1. The topological polar surface area (TPSA) is 68.8 Å². The molecule has 3 aromatic rings. The van der Waals surface area contributed by atoms with E-state index < -0.39 is 0 Å². The van der Waals surface area contributed by atoms with Gasteiger partial charge in [-0.2, -0.15) is 0 Å². The summed E-state index contributed by atoms with van der Waals surface area (Å²) in [6.45, 7) is 7.77. The number of carbonyl (C=O) groups excluding carboxylic acids is 2. The van der Waals surface area contributed by atoms with Crippen molar-refractivity contribution in [2.24, 2.45) is 0 Å². The van der Waals surface area contributed by atoms with Crippen molar-refractivity contribution in [3.05, 3.63) is 71.0 Å². The molecule has 0 radical (unpaired) electrons. The zero-order valence-corrected chi connectivity index (χ0v) is 20.9. The normalized spacial score (nSPS) is 14.6. The maximum atomic E-state index is 13.3. The Hall–Kier alpha value is -3.14. The molecule has 1 saturated heterocycles. The molecule has 0 bridgehead atoms. The standard InChI is InChI=1S/C26H30FN5O2S/c1-3-20-7-4-5-10-24(20)32(19(2)33)26-29-23(18-35-26)16-30-11-13-31(14-12-30)17-25(34)28-22-9-6-8-21(27)15-22/h4-10,15,18H,3,11-14,16-17H2,1-2H3,(H,28,34). The van der Waals surface area contributed by atoms with Crippen molar-refractivity contribution in [3.8, 4) is 0 Å². The van der Waals surface area contributed by atoms with Crippen LogP contribution >= 0.6 is 11.3 Å². The molecule has 1 aliphatic rings. The average molecular weight is 496 g/mol. The summed E-state index contributed by atoms with van der Waals surface area (Å²) >= 11 is 1.48. The summed E-state index contributed by atoms with van der Waals surface area (Å²) < 4.78 is 13.3. The number of hydrogen-bond donors (Lipinski definition) is 1. The van der Waals surface area contributed by atoms with Crippen LogP contribution in [0.3, 0.4) is 0 Å². The van der Waals surface area contributed by atoms with Crippen LogP contribution in [0.2, 0.25) is 0 Å². The molecule has 1 fully saturated rings. The minimum atomic E-state index is -0.373. The van der Waals surface area contributed by atoms with E-state index >= 15 is 0 Å². The number of thiazole rings is 1. The molecule has 0 aliphatic carbocycles. The average Bonchev–Trinajstić information content (AvgIpc) is 3.28. The van der Waals surface area contributed by atoms with Crippen LogP contribution in [0.5, 0.6) is 0 Å². The minimum absolute atomic E-state index is 0.0584. The molecule has 4 rings (SSSR count). The first-order chi connectivity index (χ1) is 16.9. The molecule has 7 nitrogen and oxygen atoms in total. The van der Waals surface area contributed by atoms with Gasteiger partial charge in [0.25, 0.3) is 0 Å². The second kappa shape index (κ2) is 11.5. The van der Waals surface area contributed by atoms with Crippen molar-refractivity contribution in [2.75, 3.05) is 42.9 Å². The minimum Gasteiger partial charge on any atom is -0.325 e. The number of hydrogen-bond acceptors (Lipinski definition) is 6. The van der Waals surface area contributed by atoms with Gasteiger partial charge in [0.2, 0.25) is 11.8 Å².